The predicted octanol–water partition coefficient (Wildman–Crippen LogP) is 2.00. The van der Waals surface area contributed by atoms with Gasteiger partial charge in [-0.1, -0.05) is 12.8 Å². The molecule has 2 unspecified atom stereocenters. The van der Waals surface area contributed by atoms with Crippen LogP contribution in [-0.4, -0.2) is 31.2 Å². The molecule has 1 aliphatic heterocycles. The molecule has 108 valence electrons. The number of hydrogen-bond acceptors (Lipinski definition) is 3. The lowest BCUT2D eigenvalue weighted by Crippen LogP contribution is -2.40. The van der Waals surface area contributed by atoms with Crippen LogP contribution >= 0.6 is 12.4 Å². The number of nitrogens with two attached hydrogens (primary N) is 1. The number of rotatable bonds is 8. The summed E-state index contributed by atoms with van der Waals surface area (Å²) < 4.78 is 5.54. The average molecular weight is 279 g/mol. The monoisotopic (exact) mass is 278 g/mol. The van der Waals surface area contributed by atoms with Gasteiger partial charge < -0.3 is 15.8 Å². The van der Waals surface area contributed by atoms with Crippen LogP contribution < -0.4 is 11.1 Å². The molecule has 0 aromatic carbocycles. The number of carbonyl (C=O) groups excluding carboxylic acids is 1. The summed E-state index contributed by atoms with van der Waals surface area (Å²) in [7, 11) is 0. The van der Waals surface area contributed by atoms with E-state index < -0.39 is 0 Å². The smallest absolute Gasteiger partial charge is 0.220 e. The Hall–Kier alpha value is -0.320. The first kappa shape index (κ1) is 17.7. The lowest BCUT2D eigenvalue weighted by atomic mass is 10.1. The van der Waals surface area contributed by atoms with Crippen LogP contribution in [0.5, 0.6) is 0 Å². The van der Waals surface area contributed by atoms with Gasteiger partial charge in [0.2, 0.25) is 5.91 Å². The highest BCUT2D eigenvalue weighted by molar-refractivity contribution is 5.85. The summed E-state index contributed by atoms with van der Waals surface area (Å²) >= 11 is 0. The number of carbonyl (C=O) groups is 1. The van der Waals surface area contributed by atoms with E-state index in [-0.39, 0.29) is 30.5 Å². The Bertz CT molecular complexity index is 221. The first-order valence-electron chi connectivity index (χ1n) is 6.85. The molecule has 0 aliphatic carbocycles. The Balaban J connectivity index is 0.00000289. The second-order valence-corrected chi connectivity index (χ2v) is 4.86. The van der Waals surface area contributed by atoms with Gasteiger partial charge in [-0.15, -0.1) is 12.4 Å². The molecule has 3 N–H and O–H groups in total. The van der Waals surface area contributed by atoms with Gasteiger partial charge in [-0.05, 0) is 39.2 Å². The van der Waals surface area contributed by atoms with Crippen LogP contribution in [0.25, 0.3) is 0 Å². The van der Waals surface area contributed by atoms with Gasteiger partial charge in [-0.3, -0.25) is 4.79 Å². The Morgan fingerprint density at radius 1 is 1.39 bits per heavy atom. The molecule has 1 fully saturated rings. The molecule has 5 heteroatoms. The third kappa shape index (κ3) is 7.19. The third-order valence-electron chi connectivity index (χ3n) is 3.27. The number of hydrogen-bond donors (Lipinski definition) is 2. The molecule has 1 aliphatic rings. The maximum atomic E-state index is 11.7. The zero-order valence-corrected chi connectivity index (χ0v) is 12.1. The van der Waals surface area contributed by atoms with E-state index in [9.17, 15) is 4.79 Å². The zero-order valence-electron chi connectivity index (χ0n) is 11.3. The van der Waals surface area contributed by atoms with Crippen molar-refractivity contribution >= 4 is 18.3 Å². The lowest BCUT2D eigenvalue weighted by molar-refractivity contribution is -0.122. The SMILES string of the molecule is CC(NC(=O)CCCCCCN)C1CCCO1.Cl. The summed E-state index contributed by atoms with van der Waals surface area (Å²) in [4.78, 5) is 11.7. The Labute approximate surface area is 116 Å². The molecule has 2 atom stereocenters. The predicted molar refractivity (Wildman–Crippen MR) is 76.0 cm³/mol. The fourth-order valence-corrected chi connectivity index (χ4v) is 2.20. The highest BCUT2D eigenvalue weighted by atomic mass is 35.5. The quantitative estimate of drug-likeness (QED) is 0.668. The number of amides is 1. The van der Waals surface area contributed by atoms with Crippen LogP contribution in [0.15, 0.2) is 0 Å². The van der Waals surface area contributed by atoms with Crippen molar-refractivity contribution in [3.05, 3.63) is 0 Å². The molecule has 0 radical (unpaired) electrons. The molecule has 1 amide bonds. The van der Waals surface area contributed by atoms with E-state index in [1.54, 1.807) is 0 Å². The molecule has 0 bridgehead atoms. The van der Waals surface area contributed by atoms with Crippen molar-refractivity contribution in [2.75, 3.05) is 13.2 Å². The first-order chi connectivity index (χ1) is 8.24. The van der Waals surface area contributed by atoms with Crippen molar-refractivity contribution in [2.45, 2.75) is 64.0 Å². The minimum absolute atomic E-state index is 0. The Morgan fingerprint density at radius 3 is 2.72 bits per heavy atom. The molecule has 18 heavy (non-hydrogen) atoms. The fraction of sp³-hybridized carbons (Fsp3) is 0.923. The summed E-state index contributed by atoms with van der Waals surface area (Å²) in [6.07, 6.45) is 7.28. The zero-order chi connectivity index (χ0) is 12.5. The van der Waals surface area contributed by atoms with Crippen molar-refractivity contribution in [3.63, 3.8) is 0 Å². The second-order valence-electron chi connectivity index (χ2n) is 4.86. The van der Waals surface area contributed by atoms with Crippen molar-refractivity contribution in [1.82, 2.24) is 5.32 Å². The lowest BCUT2D eigenvalue weighted by Gasteiger charge is -2.19. The van der Waals surface area contributed by atoms with Crippen LogP contribution in [-0.2, 0) is 9.53 Å². The maximum absolute atomic E-state index is 11.7. The molecule has 1 rings (SSSR count). The standard InChI is InChI=1S/C13H26N2O2.ClH/c1-11(12-7-6-10-17-12)15-13(16)8-4-2-3-5-9-14;/h11-12H,2-10,14H2,1H3,(H,15,16);1H. The summed E-state index contributed by atoms with van der Waals surface area (Å²) in [6.45, 7) is 3.62. The molecule has 1 heterocycles. The van der Waals surface area contributed by atoms with Gasteiger partial charge in [0.1, 0.15) is 0 Å². The van der Waals surface area contributed by atoms with E-state index >= 15 is 0 Å². The first-order valence-corrected chi connectivity index (χ1v) is 6.85. The largest absolute Gasteiger partial charge is 0.376 e. The van der Waals surface area contributed by atoms with E-state index in [4.69, 9.17) is 10.5 Å². The van der Waals surface area contributed by atoms with Crippen molar-refractivity contribution in [1.29, 1.82) is 0 Å². The minimum atomic E-state index is 0. The van der Waals surface area contributed by atoms with Gasteiger partial charge in [0.15, 0.2) is 0 Å². The van der Waals surface area contributed by atoms with E-state index in [0.29, 0.717) is 6.42 Å². The highest BCUT2D eigenvalue weighted by Gasteiger charge is 2.23. The summed E-state index contributed by atoms with van der Waals surface area (Å²) in [5, 5.41) is 3.02. The highest BCUT2D eigenvalue weighted by Crippen LogP contribution is 2.15. The molecule has 0 saturated carbocycles. The number of ether oxygens (including phenoxy) is 1. The Kier molecular flexibility index (Phi) is 10.4. The molecular weight excluding hydrogens is 252 g/mol. The molecular formula is C13H27ClN2O2. The average Bonchev–Trinajstić information content (AvgIpc) is 2.82. The summed E-state index contributed by atoms with van der Waals surface area (Å²) in [5.41, 5.74) is 5.41. The van der Waals surface area contributed by atoms with Gasteiger partial charge in [0.25, 0.3) is 0 Å². The van der Waals surface area contributed by atoms with Crippen LogP contribution in [0.4, 0.5) is 0 Å². The van der Waals surface area contributed by atoms with E-state index in [0.717, 1.165) is 51.7 Å². The van der Waals surface area contributed by atoms with Gasteiger partial charge in [-0.2, -0.15) is 0 Å². The van der Waals surface area contributed by atoms with Crippen LogP contribution in [0.2, 0.25) is 0 Å². The maximum Gasteiger partial charge on any atom is 0.220 e. The van der Waals surface area contributed by atoms with Gasteiger partial charge in [-0.25, -0.2) is 0 Å². The van der Waals surface area contributed by atoms with Crippen molar-refractivity contribution in [2.24, 2.45) is 5.73 Å². The number of unbranched alkanes of at least 4 members (excludes halogenated alkanes) is 3. The minimum Gasteiger partial charge on any atom is -0.376 e. The van der Waals surface area contributed by atoms with E-state index in [1.165, 1.54) is 0 Å². The molecule has 0 spiro atoms. The van der Waals surface area contributed by atoms with Crippen molar-refractivity contribution in [3.8, 4) is 0 Å². The normalized spacial score (nSPS) is 20.2. The second kappa shape index (κ2) is 10.6. The van der Waals surface area contributed by atoms with Gasteiger partial charge in [0.05, 0.1) is 12.1 Å². The molecule has 1 saturated heterocycles. The summed E-state index contributed by atoms with van der Waals surface area (Å²) in [5.74, 6) is 0.153. The Morgan fingerprint density at radius 2 is 2.11 bits per heavy atom. The summed E-state index contributed by atoms with van der Waals surface area (Å²) in [6, 6.07) is 0.147. The topological polar surface area (TPSA) is 64.4 Å². The molecule has 0 aromatic heterocycles. The van der Waals surface area contributed by atoms with Crippen LogP contribution in [0, 0.1) is 0 Å². The molecule has 4 nitrogen and oxygen atoms in total. The third-order valence-corrected chi connectivity index (χ3v) is 3.27. The molecule has 0 aromatic rings. The van der Waals surface area contributed by atoms with Gasteiger partial charge in [0, 0.05) is 13.0 Å². The van der Waals surface area contributed by atoms with E-state index in [2.05, 4.69) is 5.32 Å². The van der Waals surface area contributed by atoms with E-state index in [1.807, 2.05) is 6.92 Å². The van der Waals surface area contributed by atoms with Crippen molar-refractivity contribution < 1.29 is 9.53 Å². The fourth-order valence-electron chi connectivity index (χ4n) is 2.20. The van der Waals surface area contributed by atoms with Gasteiger partial charge >= 0.3 is 0 Å². The van der Waals surface area contributed by atoms with Crippen LogP contribution in [0.1, 0.15) is 51.9 Å². The number of halogens is 1. The number of nitrogens with one attached hydrogen (secondary N) is 1. The van der Waals surface area contributed by atoms with Crippen LogP contribution in [0.3, 0.4) is 0 Å².